The standard InChI is InChI=1S/C8H12F2N4/c1-6-12-3-2-7(14-6)13-5-8(9,10)4-11/h2-3H,4-5,11H2,1H3,(H,12,13,14). The summed E-state index contributed by atoms with van der Waals surface area (Å²) in [7, 11) is 0. The number of halogens is 2. The van der Waals surface area contributed by atoms with E-state index in [1.54, 1.807) is 6.92 Å². The Bertz CT molecular complexity index is 303. The minimum atomic E-state index is -2.90. The molecule has 0 radical (unpaired) electrons. The van der Waals surface area contributed by atoms with Crippen LogP contribution in [-0.4, -0.2) is 29.0 Å². The first kappa shape index (κ1) is 10.8. The molecule has 0 amide bonds. The van der Waals surface area contributed by atoms with E-state index in [1.807, 2.05) is 0 Å². The van der Waals surface area contributed by atoms with E-state index in [2.05, 4.69) is 15.3 Å². The first-order valence-corrected chi connectivity index (χ1v) is 4.15. The Kier molecular flexibility index (Phi) is 3.29. The summed E-state index contributed by atoms with van der Waals surface area (Å²) in [5, 5.41) is 2.50. The molecule has 1 aromatic heterocycles. The van der Waals surface area contributed by atoms with E-state index in [4.69, 9.17) is 5.73 Å². The summed E-state index contributed by atoms with van der Waals surface area (Å²) in [6, 6.07) is 1.53. The van der Waals surface area contributed by atoms with Gasteiger partial charge in [0.15, 0.2) is 0 Å². The lowest BCUT2D eigenvalue weighted by molar-refractivity contribution is 0.0253. The Morgan fingerprint density at radius 2 is 2.29 bits per heavy atom. The first-order chi connectivity index (χ1) is 6.53. The van der Waals surface area contributed by atoms with E-state index < -0.39 is 19.0 Å². The highest BCUT2D eigenvalue weighted by atomic mass is 19.3. The molecule has 3 N–H and O–H groups in total. The van der Waals surface area contributed by atoms with Crippen LogP contribution in [0.1, 0.15) is 5.82 Å². The molecule has 0 aliphatic heterocycles. The van der Waals surface area contributed by atoms with Gasteiger partial charge in [-0.3, -0.25) is 0 Å². The summed E-state index contributed by atoms with van der Waals surface area (Å²) >= 11 is 0. The number of nitrogens with zero attached hydrogens (tertiary/aromatic N) is 2. The molecule has 14 heavy (non-hydrogen) atoms. The zero-order valence-corrected chi connectivity index (χ0v) is 7.80. The topological polar surface area (TPSA) is 63.8 Å². The fraction of sp³-hybridized carbons (Fsp3) is 0.500. The zero-order chi connectivity index (χ0) is 10.6. The second kappa shape index (κ2) is 4.28. The predicted octanol–water partition coefficient (Wildman–Crippen LogP) is 0.791. The fourth-order valence-corrected chi connectivity index (χ4v) is 0.847. The number of nitrogens with two attached hydrogens (primary N) is 1. The van der Waals surface area contributed by atoms with Crippen LogP contribution in [0, 0.1) is 6.92 Å². The van der Waals surface area contributed by atoms with Crippen molar-refractivity contribution in [2.24, 2.45) is 5.73 Å². The molecule has 0 bridgehead atoms. The largest absolute Gasteiger partial charge is 0.364 e. The lowest BCUT2D eigenvalue weighted by Crippen LogP contribution is -2.35. The summed E-state index contributed by atoms with van der Waals surface area (Å²) < 4.78 is 25.4. The van der Waals surface area contributed by atoms with Crippen molar-refractivity contribution in [2.75, 3.05) is 18.4 Å². The molecule has 0 fully saturated rings. The van der Waals surface area contributed by atoms with Crippen LogP contribution in [0.3, 0.4) is 0 Å². The van der Waals surface area contributed by atoms with Crippen LogP contribution >= 0.6 is 0 Å². The Balaban J connectivity index is 2.54. The monoisotopic (exact) mass is 202 g/mol. The minimum Gasteiger partial charge on any atom is -0.364 e. The lowest BCUT2D eigenvalue weighted by Gasteiger charge is -2.14. The molecule has 0 aliphatic carbocycles. The number of anilines is 1. The molecule has 1 rings (SSSR count). The highest BCUT2D eigenvalue weighted by Crippen LogP contribution is 2.12. The Morgan fingerprint density at radius 3 is 2.86 bits per heavy atom. The van der Waals surface area contributed by atoms with Gasteiger partial charge in [-0.15, -0.1) is 0 Å². The summed E-state index contributed by atoms with van der Waals surface area (Å²) in [5.74, 6) is -1.99. The van der Waals surface area contributed by atoms with Gasteiger partial charge in [0.05, 0.1) is 13.1 Å². The van der Waals surface area contributed by atoms with Crippen LogP contribution in [-0.2, 0) is 0 Å². The Hall–Kier alpha value is -1.30. The average Bonchev–Trinajstić information content (AvgIpc) is 2.15. The van der Waals surface area contributed by atoms with Crippen LogP contribution in [0.2, 0.25) is 0 Å². The van der Waals surface area contributed by atoms with Gasteiger partial charge in [0.25, 0.3) is 5.92 Å². The van der Waals surface area contributed by atoms with Crippen LogP contribution in [0.4, 0.5) is 14.6 Å². The first-order valence-electron chi connectivity index (χ1n) is 4.15. The third-order valence-electron chi connectivity index (χ3n) is 1.60. The number of hydrogen-bond donors (Lipinski definition) is 2. The van der Waals surface area contributed by atoms with Gasteiger partial charge >= 0.3 is 0 Å². The molecule has 1 aromatic rings. The van der Waals surface area contributed by atoms with Gasteiger partial charge in [-0.2, -0.15) is 0 Å². The van der Waals surface area contributed by atoms with E-state index in [-0.39, 0.29) is 0 Å². The molecule has 0 saturated heterocycles. The fourth-order valence-electron chi connectivity index (χ4n) is 0.847. The van der Waals surface area contributed by atoms with Crippen molar-refractivity contribution in [3.63, 3.8) is 0 Å². The van der Waals surface area contributed by atoms with Gasteiger partial charge in [-0.25, -0.2) is 18.7 Å². The highest BCUT2D eigenvalue weighted by molar-refractivity contribution is 5.33. The normalized spacial score (nSPS) is 11.4. The van der Waals surface area contributed by atoms with Gasteiger partial charge < -0.3 is 11.1 Å². The zero-order valence-electron chi connectivity index (χ0n) is 7.80. The molecule has 0 spiro atoms. The minimum absolute atomic E-state index is 0.380. The van der Waals surface area contributed by atoms with E-state index in [1.165, 1.54) is 12.3 Å². The number of rotatable bonds is 4. The second-order valence-corrected chi connectivity index (χ2v) is 2.90. The number of hydrogen-bond acceptors (Lipinski definition) is 4. The molecule has 0 saturated carbocycles. The lowest BCUT2D eigenvalue weighted by atomic mass is 10.3. The molecule has 0 aromatic carbocycles. The Morgan fingerprint density at radius 1 is 1.57 bits per heavy atom. The third kappa shape index (κ3) is 3.21. The maximum absolute atomic E-state index is 12.7. The Labute approximate surface area is 80.6 Å². The van der Waals surface area contributed by atoms with Crippen LogP contribution in [0.5, 0.6) is 0 Å². The van der Waals surface area contributed by atoms with Crippen molar-refractivity contribution in [1.82, 2.24) is 9.97 Å². The highest BCUT2D eigenvalue weighted by Gasteiger charge is 2.26. The van der Waals surface area contributed by atoms with E-state index in [0.717, 1.165) is 0 Å². The number of nitrogens with one attached hydrogen (secondary N) is 1. The summed E-state index contributed by atoms with van der Waals surface area (Å²) in [5.41, 5.74) is 4.88. The molecule has 4 nitrogen and oxygen atoms in total. The summed E-state index contributed by atoms with van der Waals surface area (Å²) in [4.78, 5) is 7.76. The van der Waals surface area contributed by atoms with E-state index in [9.17, 15) is 8.78 Å². The van der Waals surface area contributed by atoms with Crippen molar-refractivity contribution >= 4 is 5.82 Å². The molecule has 78 valence electrons. The van der Waals surface area contributed by atoms with Crippen LogP contribution in [0.15, 0.2) is 12.3 Å². The van der Waals surface area contributed by atoms with Gasteiger partial charge in [0, 0.05) is 6.20 Å². The van der Waals surface area contributed by atoms with Crippen molar-refractivity contribution in [1.29, 1.82) is 0 Å². The summed E-state index contributed by atoms with van der Waals surface area (Å²) in [6.07, 6.45) is 1.51. The third-order valence-corrected chi connectivity index (χ3v) is 1.60. The molecular weight excluding hydrogens is 190 g/mol. The van der Waals surface area contributed by atoms with Crippen molar-refractivity contribution < 1.29 is 8.78 Å². The maximum Gasteiger partial charge on any atom is 0.276 e. The molecule has 0 unspecified atom stereocenters. The number of aromatic nitrogens is 2. The van der Waals surface area contributed by atoms with E-state index in [0.29, 0.717) is 11.6 Å². The van der Waals surface area contributed by atoms with Gasteiger partial charge in [0.2, 0.25) is 0 Å². The molecular formula is C8H12F2N4. The van der Waals surface area contributed by atoms with Gasteiger partial charge in [0.1, 0.15) is 11.6 Å². The second-order valence-electron chi connectivity index (χ2n) is 2.90. The van der Waals surface area contributed by atoms with Crippen molar-refractivity contribution in [3.05, 3.63) is 18.1 Å². The van der Waals surface area contributed by atoms with Gasteiger partial charge in [-0.05, 0) is 13.0 Å². The number of alkyl halides is 2. The molecule has 6 heteroatoms. The molecule has 0 atom stereocenters. The summed E-state index contributed by atoms with van der Waals surface area (Å²) in [6.45, 7) is 0.496. The molecule has 0 aliphatic rings. The van der Waals surface area contributed by atoms with Crippen LogP contribution < -0.4 is 11.1 Å². The SMILES string of the molecule is Cc1nccc(NCC(F)(F)CN)n1. The molecule has 1 heterocycles. The van der Waals surface area contributed by atoms with E-state index >= 15 is 0 Å². The number of aryl methyl sites for hydroxylation is 1. The maximum atomic E-state index is 12.7. The average molecular weight is 202 g/mol. The van der Waals surface area contributed by atoms with Gasteiger partial charge in [-0.1, -0.05) is 0 Å². The quantitative estimate of drug-likeness (QED) is 0.757. The van der Waals surface area contributed by atoms with Crippen LogP contribution in [0.25, 0.3) is 0 Å². The smallest absolute Gasteiger partial charge is 0.276 e. The van der Waals surface area contributed by atoms with Crippen molar-refractivity contribution in [3.8, 4) is 0 Å². The predicted molar refractivity (Wildman–Crippen MR) is 49.3 cm³/mol. The van der Waals surface area contributed by atoms with Crippen molar-refractivity contribution in [2.45, 2.75) is 12.8 Å².